The van der Waals surface area contributed by atoms with Crippen LogP contribution in [0.4, 0.5) is 17.5 Å². The summed E-state index contributed by atoms with van der Waals surface area (Å²) in [5, 5.41) is 6.58. The van der Waals surface area contributed by atoms with Gasteiger partial charge in [-0.25, -0.2) is 4.98 Å². The number of hydrogen-bond donors (Lipinski definition) is 4. The topological polar surface area (TPSA) is 139 Å². The third-order valence-electron chi connectivity index (χ3n) is 7.27. The Kier molecular flexibility index (Phi) is 7.80. The average Bonchev–Trinajstić information content (AvgIpc) is 2.93. The van der Waals surface area contributed by atoms with Crippen LogP contribution in [0.5, 0.6) is 0 Å². The number of aromatic nitrogens is 2. The summed E-state index contributed by atoms with van der Waals surface area (Å²) < 4.78 is 0. The van der Waals surface area contributed by atoms with Gasteiger partial charge in [0.15, 0.2) is 0 Å². The highest BCUT2D eigenvalue weighted by molar-refractivity contribution is 7.98. The fourth-order valence-electron chi connectivity index (χ4n) is 5.12. The number of thioether (sulfide) groups is 1. The number of hydrogen-bond acceptors (Lipinski definition) is 8. The first kappa shape index (κ1) is 26.0. The summed E-state index contributed by atoms with van der Waals surface area (Å²) in [5.41, 5.74) is 15.8. The Hall–Kier alpha value is -3.63. The molecule has 9 nitrogen and oxygen atoms in total. The van der Waals surface area contributed by atoms with Crippen LogP contribution in [-0.4, -0.2) is 51.6 Å². The van der Waals surface area contributed by atoms with Gasteiger partial charge in [0.05, 0.1) is 0 Å². The van der Waals surface area contributed by atoms with Crippen LogP contribution in [0.2, 0.25) is 0 Å². The van der Waals surface area contributed by atoms with E-state index in [2.05, 4.69) is 26.7 Å². The fraction of sp³-hybridized carbons (Fsp3) is 0.357. The van der Waals surface area contributed by atoms with E-state index < -0.39 is 5.91 Å². The number of nitrogens with zero attached hydrogens (tertiary/aromatic N) is 3. The molecule has 0 spiro atoms. The largest absolute Gasteiger partial charge is 0.365 e. The molecule has 2 heterocycles. The molecule has 0 radical (unpaired) electrons. The Morgan fingerprint density at radius 2 is 1.95 bits per heavy atom. The zero-order valence-electron chi connectivity index (χ0n) is 21.4. The first-order valence-electron chi connectivity index (χ1n) is 12.9. The Bertz CT molecular complexity index is 1350. The number of amides is 2. The minimum Gasteiger partial charge on any atom is -0.365 e. The van der Waals surface area contributed by atoms with E-state index in [4.69, 9.17) is 11.5 Å². The van der Waals surface area contributed by atoms with Gasteiger partial charge in [0.25, 0.3) is 11.8 Å². The third-order valence-corrected chi connectivity index (χ3v) is 8.00. The van der Waals surface area contributed by atoms with Crippen LogP contribution in [0.25, 0.3) is 0 Å². The van der Waals surface area contributed by atoms with E-state index in [0.717, 1.165) is 48.3 Å². The van der Waals surface area contributed by atoms with Gasteiger partial charge >= 0.3 is 0 Å². The Morgan fingerprint density at radius 1 is 1.11 bits per heavy atom. The number of rotatable bonds is 7. The molecular weight excluding hydrogens is 498 g/mol. The number of carbonyl (C=O) groups excluding carboxylic acids is 2. The molecule has 2 amide bonds. The average molecular weight is 532 g/mol. The molecule has 1 saturated carbocycles. The number of carbonyl (C=O) groups is 2. The molecule has 2 aliphatic rings. The molecule has 2 atom stereocenters. The van der Waals surface area contributed by atoms with Crippen molar-refractivity contribution in [2.45, 2.75) is 55.6 Å². The second-order valence-corrected chi connectivity index (χ2v) is 10.7. The normalized spacial score (nSPS) is 18.9. The number of fused-ring (bicyclic) bond motifs is 1. The van der Waals surface area contributed by atoms with E-state index in [1.807, 2.05) is 47.6 Å². The van der Waals surface area contributed by atoms with Gasteiger partial charge in [-0.2, -0.15) is 4.98 Å². The van der Waals surface area contributed by atoms with E-state index >= 15 is 0 Å². The lowest BCUT2D eigenvalue weighted by molar-refractivity contribution is 0.0734. The van der Waals surface area contributed by atoms with Crippen molar-refractivity contribution in [2.24, 2.45) is 11.5 Å². The van der Waals surface area contributed by atoms with Crippen molar-refractivity contribution in [3.63, 3.8) is 0 Å². The number of primary amides is 1. The van der Waals surface area contributed by atoms with Crippen LogP contribution in [0.1, 0.15) is 57.5 Å². The molecule has 0 bridgehead atoms. The minimum atomic E-state index is -0.615. The lowest BCUT2D eigenvalue weighted by Crippen LogP contribution is -2.43. The van der Waals surface area contributed by atoms with Gasteiger partial charge < -0.3 is 27.0 Å². The van der Waals surface area contributed by atoms with E-state index in [9.17, 15) is 9.59 Å². The predicted octanol–water partition coefficient (Wildman–Crippen LogP) is 3.92. The monoisotopic (exact) mass is 531 g/mol. The van der Waals surface area contributed by atoms with Gasteiger partial charge in [0, 0.05) is 47.5 Å². The van der Waals surface area contributed by atoms with Crippen LogP contribution in [0.15, 0.2) is 53.6 Å². The molecule has 2 unspecified atom stereocenters. The van der Waals surface area contributed by atoms with Crippen molar-refractivity contribution < 1.29 is 9.59 Å². The van der Waals surface area contributed by atoms with Gasteiger partial charge in [0.1, 0.15) is 11.4 Å². The van der Waals surface area contributed by atoms with Crippen LogP contribution in [0, 0.1) is 0 Å². The summed E-state index contributed by atoms with van der Waals surface area (Å²) in [7, 11) is 0. The third kappa shape index (κ3) is 5.76. The SMILES string of the molecule is CSc1cccc(C(=O)N2CCc3ccc(Nc4nc(NC5CCCCC5N)ncc4C(N)=O)cc3C2)c1. The van der Waals surface area contributed by atoms with Gasteiger partial charge in [-0.3, -0.25) is 9.59 Å². The quantitative estimate of drug-likeness (QED) is 0.337. The summed E-state index contributed by atoms with van der Waals surface area (Å²) in [6.07, 6.45) is 8.36. The zero-order valence-corrected chi connectivity index (χ0v) is 22.3. The van der Waals surface area contributed by atoms with Crippen LogP contribution in [-0.2, 0) is 13.0 Å². The highest BCUT2D eigenvalue weighted by Crippen LogP contribution is 2.28. The van der Waals surface area contributed by atoms with E-state index in [-0.39, 0.29) is 23.6 Å². The molecule has 1 aliphatic carbocycles. The Labute approximate surface area is 226 Å². The molecule has 10 heteroatoms. The summed E-state index contributed by atoms with van der Waals surface area (Å²) in [6.45, 7) is 1.17. The first-order chi connectivity index (χ1) is 18.4. The highest BCUT2D eigenvalue weighted by atomic mass is 32.2. The van der Waals surface area contributed by atoms with Crippen LogP contribution in [0.3, 0.4) is 0 Å². The summed E-state index contributed by atoms with van der Waals surface area (Å²) in [6, 6.07) is 13.9. The van der Waals surface area contributed by atoms with E-state index in [1.54, 1.807) is 11.8 Å². The fourth-order valence-corrected chi connectivity index (χ4v) is 5.57. The molecule has 2 aromatic carbocycles. The molecule has 3 aromatic rings. The maximum atomic E-state index is 13.2. The van der Waals surface area contributed by atoms with Gasteiger partial charge in [0.2, 0.25) is 5.95 Å². The molecule has 0 saturated heterocycles. The van der Waals surface area contributed by atoms with Crippen molar-refractivity contribution >= 4 is 41.0 Å². The van der Waals surface area contributed by atoms with Crippen LogP contribution >= 0.6 is 11.8 Å². The second kappa shape index (κ2) is 11.4. The summed E-state index contributed by atoms with van der Waals surface area (Å²) >= 11 is 1.62. The minimum absolute atomic E-state index is 0.0216. The van der Waals surface area contributed by atoms with Crippen LogP contribution < -0.4 is 22.1 Å². The lowest BCUT2D eigenvalue weighted by Gasteiger charge is -2.30. The Morgan fingerprint density at radius 3 is 2.74 bits per heavy atom. The standard InChI is InChI=1S/C28H33N7O2S/c1-38-21-6-4-5-18(14-21)27(37)35-12-11-17-9-10-20(13-19(17)16-35)32-26-22(25(30)36)15-31-28(34-26)33-24-8-3-2-7-23(24)29/h4-6,9-10,13-15,23-24H,2-3,7-8,11-12,16,29H2,1H3,(H2,30,36)(H2,31,32,33,34). The van der Waals surface area contributed by atoms with Crippen molar-refractivity contribution in [1.82, 2.24) is 14.9 Å². The molecule has 1 fully saturated rings. The smallest absolute Gasteiger partial charge is 0.254 e. The molecule has 1 aliphatic heterocycles. The molecule has 1 aromatic heterocycles. The molecule has 5 rings (SSSR count). The highest BCUT2D eigenvalue weighted by Gasteiger charge is 2.24. The number of nitrogens with one attached hydrogen (secondary N) is 2. The molecule has 6 N–H and O–H groups in total. The molecule has 198 valence electrons. The summed E-state index contributed by atoms with van der Waals surface area (Å²) in [4.78, 5) is 37.1. The Balaban J connectivity index is 1.35. The first-order valence-corrected chi connectivity index (χ1v) is 14.1. The maximum absolute atomic E-state index is 13.2. The number of benzene rings is 2. The second-order valence-electron chi connectivity index (χ2n) is 9.84. The molecule has 38 heavy (non-hydrogen) atoms. The van der Waals surface area contributed by atoms with Crippen molar-refractivity contribution in [3.05, 3.63) is 70.9 Å². The van der Waals surface area contributed by atoms with Crippen molar-refractivity contribution in [3.8, 4) is 0 Å². The van der Waals surface area contributed by atoms with E-state index in [0.29, 0.717) is 30.4 Å². The summed E-state index contributed by atoms with van der Waals surface area (Å²) in [5.74, 6) is 0.142. The van der Waals surface area contributed by atoms with Gasteiger partial charge in [-0.05, 0) is 67.0 Å². The molecular formula is C28H33N7O2S. The maximum Gasteiger partial charge on any atom is 0.254 e. The van der Waals surface area contributed by atoms with Gasteiger partial charge in [-0.1, -0.05) is 25.0 Å². The van der Waals surface area contributed by atoms with Crippen molar-refractivity contribution in [2.75, 3.05) is 23.4 Å². The number of nitrogens with two attached hydrogens (primary N) is 2. The van der Waals surface area contributed by atoms with Crippen molar-refractivity contribution in [1.29, 1.82) is 0 Å². The number of anilines is 3. The lowest BCUT2D eigenvalue weighted by atomic mass is 9.91. The predicted molar refractivity (Wildman–Crippen MR) is 151 cm³/mol. The van der Waals surface area contributed by atoms with Gasteiger partial charge in [-0.15, -0.1) is 11.8 Å². The zero-order chi connectivity index (χ0) is 26.6. The van der Waals surface area contributed by atoms with E-state index in [1.165, 1.54) is 11.8 Å².